The van der Waals surface area contributed by atoms with Crippen molar-refractivity contribution in [2.45, 2.75) is 19.3 Å². The predicted octanol–water partition coefficient (Wildman–Crippen LogP) is 10.6. The van der Waals surface area contributed by atoms with Crippen LogP contribution in [0.15, 0.2) is 200 Å². The largest absolute Gasteiger partial charge is 0.308 e. The number of benzene rings is 8. The highest BCUT2D eigenvalue weighted by molar-refractivity contribution is 7.22. The second-order valence-corrected chi connectivity index (χ2v) is 20.2. The summed E-state index contributed by atoms with van der Waals surface area (Å²) >= 11 is 0. The summed E-state index contributed by atoms with van der Waals surface area (Å²) in [7, 11) is -2.90. The van der Waals surface area contributed by atoms with E-state index in [0.29, 0.717) is 0 Å². The fourth-order valence-electron chi connectivity index (χ4n) is 10.5. The Morgan fingerprint density at radius 1 is 0.441 bits per heavy atom. The summed E-state index contributed by atoms with van der Waals surface area (Å²) in [4.78, 5) is 11.5. The van der Waals surface area contributed by atoms with Crippen molar-refractivity contribution < 1.29 is 0 Å². The average molecular weight is 770 g/mol. The summed E-state index contributed by atoms with van der Waals surface area (Å²) in [6.07, 6.45) is 0. The number of hydrogen-bond donors (Lipinski definition) is 0. The monoisotopic (exact) mass is 769 g/mol. The lowest BCUT2D eigenvalue weighted by atomic mass is 9.82. The molecule has 2 aromatic heterocycles. The maximum absolute atomic E-state index is 5.76. The van der Waals surface area contributed by atoms with Crippen LogP contribution in [0.2, 0.25) is 0 Å². The molecule has 278 valence electrons. The van der Waals surface area contributed by atoms with E-state index < -0.39 is 8.07 Å². The number of fused-ring (bicyclic) bond motifs is 9. The van der Waals surface area contributed by atoms with E-state index in [0.717, 1.165) is 34.0 Å². The van der Waals surface area contributed by atoms with Crippen molar-refractivity contribution in [3.63, 3.8) is 0 Å². The van der Waals surface area contributed by atoms with Gasteiger partial charge in [-0.15, -0.1) is 0 Å². The molecule has 1 aliphatic carbocycles. The normalized spacial score (nSPS) is 14.2. The maximum atomic E-state index is 5.76. The molecule has 0 radical (unpaired) electrons. The van der Waals surface area contributed by atoms with Gasteiger partial charge in [-0.25, -0.2) is 9.97 Å². The SMILES string of the molecule is CC1(C)c2ccccc2-c2cc3c4ccccc4n(-c4ccccc4-c4nc(-c5ccccc5)c5c(n4)-c4ccccc4[Si]5(c4ccccc4)c4ccccc4)c3cc21. The van der Waals surface area contributed by atoms with Crippen molar-refractivity contribution >= 4 is 50.6 Å². The zero-order valence-corrected chi connectivity index (χ0v) is 33.9. The molecular formula is C55H39N3Si. The van der Waals surface area contributed by atoms with Gasteiger partial charge in [0.05, 0.1) is 28.1 Å². The van der Waals surface area contributed by atoms with Gasteiger partial charge < -0.3 is 4.57 Å². The second-order valence-electron chi connectivity index (χ2n) is 16.5. The van der Waals surface area contributed by atoms with Crippen LogP contribution in [0.25, 0.3) is 72.5 Å². The molecule has 8 aromatic carbocycles. The molecule has 0 bridgehead atoms. The molecule has 12 rings (SSSR count). The van der Waals surface area contributed by atoms with Crippen LogP contribution in [0.3, 0.4) is 0 Å². The summed E-state index contributed by atoms with van der Waals surface area (Å²) in [6, 6.07) is 73.4. The van der Waals surface area contributed by atoms with E-state index in [1.165, 1.54) is 70.4 Å². The van der Waals surface area contributed by atoms with Crippen LogP contribution in [0.5, 0.6) is 0 Å². The van der Waals surface area contributed by atoms with E-state index >= 15 is 0 Å². The van der Waals surface area contributed by atoms with Gasteiger partial charge in [0.1, 0.15) is 0 Å². The topological polar surface area (TPSA) is 30.7 Å². The Kier molecular flexibility index (Phi) is 7.29. The smallest absolute Gasteiger partial charge is 0.185 e. The van der Waals surface area contributed by atoms with E-state index in [1.807, 2.05) is 0 Å². The van der Waals surface area contributed by atoms with Crippen molar-refractivity contribution in [1.82, 2.24) is 14.5 Å². The molecule has 0 amide bonds. The molecule has 0 atom stereocenters. The van der Waals surface area contributed by atoms with E-state index in [2.05, 4.69) is 219 Å². The van der Waals surface area contributed by atoms with Gasteiger partial charge in [-0.3, -0.25) is 0 Å². The summed E-state index contributed by atoms with van der Waals surface area (Å²) in [5, 5.41) is 7.74. The maximum Gasteiger partial charge on any atom is 0.185 e. The van der Waals surface area contributed by atoms with Crippen LogP contribution in [0, 0.1) is 0 Å². The molecule has 2 aliphatic rings. The molecule has 0 saturated carbocycles. The van der Waals surface area contributed by atoms with Gasteiger partial charge in [-0.2, -0.15) is 0 Å². The van der Waals surface area contributed by atoms with Crippen LogP contribution >= 0.6 is 0 Å². The lowest BCUT2D eigenvalue weighted by Gasteiger charge is -2.32. The summed E-state index contributed by atoms with van der Waals surface area (Å²) < 4.78 is 2.46. The molecule has 0 N–H and O–H groups in total. The third kappa shape index (κ3) is 4.69. The van der Waals surface area contributed by atoms with Crippen LogP contribution in [0.4, 0.5) is 0 Å². The first-order valence-corrected chi connectivity index (χ1v) is 22.5. The highest BCUT2D eigenvalue weighted by Crippen LogP contribution is 2.51. The van der Waals surface area contributed by atoms with Gasteiger partial charge in [0, 0.05) is 38.1 Å². The van der Waals surface area contributed by atoms with Gasteiger partial charge in [-0.1, -0.05) is 184 Å². The van der Waals surface area contributed by atoms with E-state index in [-0.39, 0.29) is 5.41 Å². The lowest BCUT2D eigenvalue weighted by Crippen LogP contribution is -2.73. The molecule has 3 nitrogen and oxygen atoms in total. The summed E-state index contributed by atoms with van der Waals surface area (Å²) in [5.74, 6) is 0.721. The Hall–Kier alpha value is -7.14. The van der Waals surface area contributed by atoms with Gasteiger partial charge in [0.2, 0.25) is 0 Å². The molecule has 0 unspecified atom stereocenters. The highest BCUT2D eigenvalue weighted by atomic mass is 28.3. The van der Waals surface area contributed by atoms with Crippen molar-refractivity contribution in [2.75, 3.05) is 0 Å². The molecular weight excluding hydrogens is 731 g/mol. The highest BCUT2D eigenvalue weighted by Gasteiger charge is 2.51. The standard InChI is InChI=1S/C55H39N3Si/c1-55(2)45-30-16-12-26-39(45)43-34-44-40-27-13-17-31-47(40)58(49(44)35-46(43)55)48-32-18-14-28-41(48)54-56-51(36-20-6-3-7-21-36)53-52(57-54)42-29-15-19-33-50(42)59(53,37-22-8-4-9-23-37)38-24-10-5-11-25-38/h3-35H,1-2H3. The van der Waals surface area contributed by atoms with Crippen LogP contribution in [-0.2, 0) is 5.41 Å². The second kappa shape index (κ2) is 12.7. The first-order chi connectivity index (χ1) is 29.0. The molecule has 1 aliphatic heterocycles. The van der Waals surface area contributed by atoms with Crippen molar-refractivity contribution in [3.05, 3.63) is 211 Å². The molecule has 3 heterocycles. The first-order valence-electron chi connectivity index (χ1n) is 20.5. The fraction of sp³-hybridized carbons (Fsp3) is 0.0545. The fourth-order valence-corrected chi connectivity index (χ4v) is 15.8. The Bertz CT molecular complexity index is 3250. The van der Waals surface area contributed by atoms with Crippen LogP contribution in [0.1, 0.15) is 25.0 Å². The van der Waals surface area contributed by atoms with Crippen LogP contribution < -0.4 is 20.7 Å². The van der Waals surface area contributed by atoms with E-state index in [9.17, 15) is 0 Å². The Morgan fingerprint density at radius 3 is 1.76 bits per heavy atom. The van der Waals surface area contributed by atoms with Crippen molar-refractivity contribution in [2.24, 2.45) is 0 Å². The number of nitrogens with zero attached hydrogens (tertiary/aromatic N) is 3. The van der Waals surface area contributed by atoms with Gasteiger partial charge in [0.15, 0.2) is 13.9 Å². The van der Waals surface area contributed by atoms with E-state index in [4.69, 9.17) is 9.97 Å². The predicted molar refractivity (Wildman–Crippen MR) is 247 cm³/mol. The quantitative estimate of drug-likeness (QED) is 0.163. The molecule has 0 fully saturated rings. The number of para-hydroxylation sites is 2. The minimum Gasteiger partial charge on any atom is -0.308 e. The Balaban J connectivity index is 1.17. The van der Waals surface area contributed by atoms with Crippen LogP contribution in [-0.4, -0.2) is 22.6 Å². The van der Waals surface area contributed by atoms with Crippen molar-refractivity contribution in [1.29, 1.82) is 0 Å². The summed E-state index contributed by atoms with van der Waals surface area (Å²) in [5.41, 5.74) is 14.0. The Morgan fingerprint density at radius 2 is 1.02 bits per heavy atom. The van der Waals surface area contributed by atoms with Gasteiger partial charge in [-0.05, 0) is 68.1 Å². The molecule has 59 heavy (non-hydrogen) atoms. The summed E-state index contributed by atoms with van der Waals surface area (Å²) in [6.45, 7) is 4.72. The molecule has 10 aromatic rings. The molecule has 4 heteroatoms. The third-order valence-electron chi connectivity index (χ3n) is 13.1. The zero-order valence-electron chi connectivity index (χ0n) is 32.9. The molecule has 0 saturated heterocycles. The molecule has 0 spiro atoms. The number of rotatable bonds is 5. The van der Waals surface area contributed by atoms with E-state index in [1.54, 1.807) is 0 Å². The number of hydrogen-bond acceptors (Lipinski definition) is 2. The Labute approximate surface area is 345 Å². The number of aromatic nitrogens is 3. The minimum atomic E-state index is -2.90. The first kappa shape index (κ1) is 33.9. The zero-order chi connectivity index (χ0) is 39.3. The average Bonchev–Trinajstić information content (AvgIpc) is 3.87. The van der Waals surface area contributed by atoms with Gasteiger partial charge >= 0.3 is 0 Å². The lowest BCUT2D eigenvalue weighted by molar-refractivity contribution is 0.661. The third-order valence-corrected chi connectivity index (χ3v) is 18.0. The van der Waals surface area contributed by atoms with Crippen molar-refractivity contribution in [3.8, 4) is 50.7 Å². The van der Waals surface area contributed by atoms with Gasteiger partial charge in [0.25, 0.3) is 0 Å². The minimum absolute atomic E-state index is 0.129.